The molecule has 3 aromatic rings. The molecule has 0 unspecified atom stereocenters. The van der Waals surface area contributed by atoms with Gasteiger partial charge in [-0.25, -0.2) is 9.97 Å². The molecule has 1 aromatic carbocycles. The van der Waals surface area contributed by atoms with Crippen molar-refractivity contribution in [1.29, 1.82) is 0 Å². The average molecular weight is 562 g/mol. The van der Waals surface area contributed by atoms with Crippen LogP contribution in [0.25, 0.3) is 0 Å². The van der Waals surface area contributed by atoms with E-state index in [-0.39, 0.29) is 48.3 Å². The van der Waals surface area contributed by atoms with Crippen molar-refractivity contribution >= 4 is 17.7 Å². The lowest BCUT2D eigenvalue weighted by molar-refractivity contribution is -0.136. The lowest BCUT2D eigenvalue weighted by Gasteiger charge is -2.25. The summed E-state index contributed by atoms with van der Waals surface area (Å²) in [5.74, 6) is 1.24. The number of amides is 3. The molecule has 1 saturated heterocycles. The molecule has 3 amide bonds. The molecule has 1 N–H and O–H groups in total. The maximum absolute atomic E-state index is 13.3. The molecule has 12 heteroatoms. The molecule has 4 heterocycles. The van der Waals surface area contributed by atoms with Gasteiger partial charge in [0.05, 0.1) is 32.5 Å². The Labute approximate surface area is 238 Å². The molecule has 1 fully saturated rings. The van der Waals surface area contributed by atoms with E-state index in [4.69, 9.17) is 9.47 Å². The number of carbonyl (C=O) groups is 3. The van der Waals surface area contributed by atoms with Crippen LogP contribution in [-0.2, 0) is 22.6 Å². The van der Waals surface area contributed by atoms with Crippen LogP contribution in [0.3, 0.4) is 0 Å². The molecule has 0 saturated carbocycles. The molecule has 12 nitrogen and oxygen atoms in total. The number of imidazole rings is 1. The molecule has 0 spiro atoms. The summed E-state index contributed by atoms with van der Waals surface area (Å²) in [5.41, 5.74) is 1.16. The van der Waals surface area contributed by atoms with Crippen molar-refractivity contribution in [3.05, 3.63) is 66.3 Å². The maximum atomic E-state index is 13.3. The van der Waals surface area contributed by atoms with Gasteiger partial charge < -0.3 is 29.2 Å². The van der Waals surface area contributed by atoms with Gasteiger partial charge in [0, 0.05) is 69.7 Å². The highest BCUT2D eigenvalue weighted by Crippen LogP contribution is 2.35. The van der Waals surface area contributed by atoms with Gasteiger partial charge >= 0.3 is 0 Å². The molecule has 0 radical (unpaired) electrons. The molecule has 216 valence electrons. The van der Waals surface area contributed by atoms with Gasteiger partial charge in [0.25, 0.3) is 5.91 Å². The van der Waals surface area contributed by atoms with Crippen molar-refractivity contribution in [3.63, 3.8) is 0 Å². The number of nitrogens with one attached hydrogen (secondary N) is 1. The first kappa shape index (κ1) is 28.1. The predicted octanol–water partition coefficient (Wildman–Crippen LogP) is 1.67. The third kappa shape index (κ3) is 6.47. The van der Waals surface area contributed by atoms with Crippen molar-refractivity contribution in [1.82, 2.24) is 34.6 Å². The quantitative estimate of drug-likeness (QED) is 0.481. The van der Waals surface area contributed by atoms with Crippen molar-refractivity contribution < 1.29 is 23.9 Å². The molecular formula is C29H35N7O5. The van der Waals surface area contributed by atoms with E-state index >= 15 is 0 Å². The fraction of sp³-hybridized carbons (Fsp3) is 0.448. The summed E-state index contributed by atoms with van der Waals surface area (Å²) in [6.07, 6.45) is 9.59. The molecule has 2 atom stereocenters. The number of fused-ring (bicyclic) bond motifs is 4. The minimum Gasteiger partial charge on any atom is -0.493 e. The maximum Gasteiger partial charge on any atom is 0.274 e. The lowest BCUT2D eigenvalue weighted by atomic mass is 9.94. The largest absolute Gasteiger partial charge is 0.493 e. The minimum atomic E-state index is -0.375. The van der Waals surface area contributed by atoms with Gasteiger partial charge in [-0.05, 0) is 24.1 Å². The fourth-order valence-corrected chi connectivity index (χ4v) is 5.45. The second-order valence-electron chi connectivity index (χ2n) is 10.1. The molecule has 2 aromatic heterocycles. The van der Waals surface area contributed by atoms with Gasteiger partial charge in [0.15, 0.2) is 11.5 Å². The summed E-state index contributed by atoms with van der Waals surface area (Å²) in [6.45, 7) is 3.81. The third-order valence-electron chi connectivity index (χ3n) is 7.55. The zero-order chi connectivity index (χ0) is 28.8. The number of likely N-dealkylation sites (tertiary alicyclic amines) is 1. The Hall–Kier alpha value is -4.48. The first-order chi connectivity index (χ1) is 20.0. The number of rotatable bonds is 6. The van der Waals surface area contributed by atoms with E-state index in [1.165, 1.54) is 18.6 Å². The average Bonchev–Trinajstić information content (AvgIpc) is 3.63. The Bertz CT molecular complexity index is 1380. The molecule has 5 rings (SSSR count). The van der Waals surface area contributed by atoms with Gasteiger partial charge in [-0.2, -0.15) is 0 Å². The number of methoxy groups -OCH3 is 1. The molecule has 41 heavy (non-hydrogen) atoms. The number of carbonyl (C=O) groups excluding carboxylic acids is 3. The normalized spacial score (nSPS) is 19.2. The summed E-state index contributed by atoms with van der Waals surface area (Å²) in [4.78, 5) is 55.6. The number of ether oxygens (including phenoxy) is 2. The minimum absolute atomic E-state index is 0.0777. The topological polar surface area (TPSA) is 132 Å². The number of benzene rings is 1. The van der Waals surface area contributed by atoms with Crippen LogP contribution < -0.4 is 14.8 Å². The van der Waals surface area contributed by atoms with E-state index in [0.29, 0.717) is 50.7 Å². The van der Waals surface area contributed by atoms with Crippen LogP contribution in [0, 0.1) is 0 Å². The van der Waals surface area contributed by atoms with E-state index in [0.717, 1.165) is 17.8 Å². The summed E-state index contributed by atoms with van der Waals surface area (Å²) in [5, 5.41) is 3.11. The second kappa shape index (κ2) is 12.8. The van der Waals surface area contributed by atoms with Crippen LogP contribution in [0.5, 0.6) is 11.5 Å². The van der Waals surface area contributed by atoms with Crippen LogP contribution in [0.2, 0.25) is 0 Å². The molecule has 2 aliphatic rings. The Balaban J connectivity index is 1.36. The van der Waals surface area contributed by atoms with E-state index < -0.39 is 0 Å². The summed E-state index contributed by atoms with van der Waals surface area (Å²) in [6, 6.07) is 5.31. The van der Waals surface area contributed by atoms with E-state index in [9.17, 15) is 14.4 Å². The number of aryl methyl sites for hydroxylation is 2. The van der Waals surface area contributed by atoms with Crippen LogP contribution in [0.1, 0.15) is 47.6 Å². The smallest absolute Gasteiger partial charge is 0.274 e. The second-order valence-corrected chi connectivity index (χ2v) is 10.1. The van der Waals surface area contributed by atoms with E-state index in [2.05, 4.69) is 20.3 Å². The van der Waals surface area contributed by atoms with Gasteiger partial charge in [-0.3, -0.25) is 19.4 Å². The standard InChI is InChI=1S/C29H35N7O5/c1-3-26-32-10-13-34(26)12-7-28(38)35-11-4-14-41-25-15-20(5-6-24(25)40-2)21-17-36(18-23(21)33-27(37)19-35)29(39)22-16-30-8-9-31-22/h5-6,8-10,13,15-16,21,23H,3-4,7,11-12,14,17-19H2,1-2H3,(H,33,37)/t21-,23+/m1/s1. The first-order valence-corrected chi connectivity index (χ1v) is 13.9. The Morgan fingerprint density at radius 3 is 2.80 bits per heavy atom. The Kier molecular flexibility index (Phi) is 8.76. The Morgan fingerprint density at radius 1 is 1.15 bits per heavy atom. The summed E-state index contributed by atoms with van der Waals surface area (Å²) >= 11 is 0. The van der Waals surface area contributed by atoms with Crippen LogP contribution >= 0.6 is 0 Å². The number of nitrogens with zero attached hydrogens (tertiary/aromatic N) is 6. The monoisotopic (exact) mass is 561 g/mol. The summed E-state index contributed by atoms with van der Waals surface area (Å²) < 4.78 is 13.6. The zero-order valence-electron chi connectivity index (χ0n) is 23.4. The van der Waals surface area contributed by atoms with Crippen LogP contribution in [-0.4, -0.2) is 93.0 Å². The number of aromatic nitrogens is 4. The first-order valence-electron chi connectivity index (χ1n) is 13.9. The van der Waals surface area contributed by atoms with E-state index in [1.54, 1.807) is 23.1 Å². The molecular weight excluding hydrogens is 526 g/mol. The van der Waals surface area contributed by atoms with Crippen molar-refractivity contribution in [3.8, 4) is 11.5 Å². The fourth-order valence-electron chi connectivity index (χ4n) is 5.45. The van der Waals surface area contributed by atoms with Crippen LogP contribution in [0.15, 0.2) is 49.2 Å². The Morgan fingerprint density at radius 2 is 2.02 bits per heavy atom. The van der Waals surface area contributed by atoms with Crippen molar-refractivity contribution in [2.45, 2.75) is 44.7 Å². The molecule has 2 bridgehead atoms. The van der Waals surface area contributed by atoms with Crippen molar-refractivity contribution in [2.75, 3.05) is 39.9 Å². The van der Waals surface area contributed by atoms with Gasteiger partial charge in [-0.15, -0.1) is 0 Å². The zero-order valence-corrected chi connectivity index (χ0v) is 23.4. The van der Waals surface area contributed by atoms with E-state index in [1.807, 2.05) is 35.9 Å². The number of hydrogen-bond donors (Lipinski definition) is 1. The molecule has 2 aliphatic heterocycles. The third-order valence-corrected chi connectivity index (χ3v) is 7.55. The highest BCUT2D eigenvalue weighted by Gasteiger charge is 2.38. The predicted molar refractivity (Wildman–Crippen MR) is 149 cm³/mol. The van der Waals surface area contributed by atoms with Crippen molar-refractivity contribution in [2.24, 2.45) is 0 Å². The SMILES string of the molecule is CCc1nccn1CCC(=O)N1CCCOc2cc(ccc2OC)[C@H]2CN(C(=O)c3cnccn3)C[C@@H]2NC(=O)C1. The van der Waals surface area contributed by atoms with Gasteiger partial charge in [0.2, 0.25) is 11.8 Å². The highest BCUT2D eigenvalue weighted by atomic mass is 16.5. The van der Waals surface area contributed by atoms with Gasteiger partial charge in [-0.1, -0.05) is 13.0 Å². The van der Waals surface area contributed by atoms with Crippen LogP contribution in [0.4, 0.5) is 0 Å². The lowest BCUT2D eigenvalue weighted by Crippen LogP contribution is -2.47. The molecule has 0 aliphatic carbocycles. The highest BCUT2D eigenvalue weighted by molar-refractivity contribution is 5.92. The summed E-state index contributed by atoms with van der Waals surface area (Å²) in [7, 11) is 1.58. The number of hydrogen-bond acceptors (Lipinski definition) is 8. The van der Waals surface area contributed by atoms with Gasteiger partial charge in [0.1, 0.15) is 11.5 Å².